The van der Waals surface area contributed by atoms with Crippen molar-refractivity contribution in [2.45, 2.75) is 18.9 Å². The van der Waals surface area contributed by atoms with Crippen LogP contribution in [-0.4, -0.2) is 42.0 Å². The molecule has 0 bridgehead atoms. The minimum Gasteiger partial charge on any atom is -0.447 e. The first-order valence-electron chi connectivity index (χ1n) is 10.0. The fourth-order valence-electron chi connectivity index (χ4n) is 3.79. The molecule has 32 heavy (non-hydrogen) atoms. The Morgan fingerprint density at radius 3 is 2.28 bits per heavy atom. The molecule has 3 amide bonds. The van der Waals surface area contributed by atoms with E-state index in [9.17, 15) is 24.5 Å². The van der Waals surface area contributed by atoms with Crippen LogP contribution in [-0.2, 0) is 14.3 Å². The Labute approximate surface area is 183 Å². The molecule has 10 heteroatoms. The number of hydrogen-bond acceptors (Lipinski definition) is 7. The zero-order valence-electron chi connectivity index (χ0n) is 17.0. The van der Waals surface area contributed by atoms with E-state index in [1.165, 1.54) is 24.3 Å². The first-order chi connectivity index (χ1) is 15.4. The van der Waals surface area contributed by atoms with Crippen molar-refractivity contribution in [2.24, 2.45) is 0 Å². The van der Waals surface area contributed by atoms with Crippen molar-refractivity contribution in [1.82, 2.24) is 0 Å². The highest BCUT2D eigenvalue weighted by Gasteiger charge is 2.27. The number of rotatable bonds is 6. The highest BCUT2D eigenvalue weighted by molar-refractivity contribution is 6.28. The number of benzene rings is 2. The molecule has 1 N–H and O–H groups in total. The highest BCUT2D eigenvalue weighted by atomic mass is 16.6. The van der Waals surface area contributed by atoms with Gasteiger partial charge < -0.3 is 9.64 Å². The summed E-state index contributed by atoms with van der Waals surface area (Å²) in [4.78, 5) is 49.2. The van der Waals surface area contributed by atoms with Gasteiger partial charge in [0.25, 0.3) is 17.5 Å². The summed E-state index contributed by atoms with van der Waals surface area (Å²) < 4.78 is 5.38. The van der Waals surface area contributed by atoms with E-state index in [0.717, 1.165) is 30.0 Å². The van der Waals surface area contributed by atoms with Gasteiger partial charge >= 0.3 is 6.09 Å². The number of nitro groups is 1. The summed E-state index contributed by atoms with van der Waals surface area (Å²) in [6.45, 7) is 0.946. The van der Waals surface area contributed by atoms with Gasteiger partial charge in [0.2, 0.25) is 0 Å². The zero-order valence-corrected chi connectivity index (χ0v) is 17.0. The Balaban J connectivity index is 1.31. The van der Waals surface area contributed by atoms with E-state index in [4.69, 9.17) is 4.74 Å². The Bertz CT molecular complexity index is 1060. The van der Waals surface area contributed by atoms with Crippen LogP contribution in [0.5, 0.6) is 0 Å². The number of carbonyl (C=O) groups excluding carboxylic acids is 3. The minimum atomic E-state index is -0.622. The van der Waals surface area contributed by atoms with Crippen molar-refractivity contribution in [3.8, 4) is 0 Å². The van der Waals surface area contributed by atoms with Crippen LogP contribution >= 0.6 is 0 Å². The zero-order chi connectivity index (χ0) is 22.7. The quantitative estimate of drug-likeness (QED) is 0.419. The monoisotopic (exact) mass is 436 g/mol. The van der Waals surface area contributed by atoms with Crippen LogP contribution in [0, 0.1) is 10.1 Å². The van der Waals surface area contributed by atoms with Gasteiger partial charge in [-0.2, -0.15) is 0 Å². The normalized spacial score (nSPS) is 17.7. The Morgan fingerprint density at radius 2 is 1.66 bits per heavy atom. The molecule has 4 rings (SSSR count). The number of nitro benzene ring substituents is 1. The molecular formula is C22H20N4O6. The summed E-state index contributed by atoms with van der Waals surface area (Å²) in [5, 5.41) is 13.5. The fourth-order valence-corrected chi connectivity index (χ4v) is 3.79. The van der Waals surface area contributed by atoms with E-state index in [-0.39, 0.29) is 18.3 Å². The summed E-state index contributed by atoms with van der Waals surface area (Å²) in [6.07, 6.45) is 3.55. The van der Waals surface area contributed by atoms with Crippen molar-refractivity contribution in [1.29, 1.82) is 0 Å². The molecule has 0 saturated carbocycles. The van der Waals surface area contributed by atoms with Crippen LogP contribution in [0.1, 0.15) is 12.8 Å². The van der Waals surface area contributed by atoms with Gasteiger partial charge in [-0.1, -0.05) is 0 Å². The lowest BCUT2D eigenvalue weighted by molar-refractivity contribution is -0.384. The Morgan fingerprint density at radius 1 is 1.03 bits per heavy atom. The number of ether oxygens (including phenoxy) is 1. The number of amides is 3. The van der Waals surface area contributed by atoms with Gasteiger partial charge in [-0.3, -0.25) is 25.0 Å². The molecule has 1 saturated heterocycles. The standard InChI is InChI=1S/C22H20N4O6/c27-20-11-12-21(28)25(20)17-5-3-15(4-6-17)23-22(29)32-14-19-2-1-13-24(19)16-7-9-18(10-8-16)26(30)31/h3-12,19H,1-2,13-14H2,(H,23,29)/t19-/m0/s1. The lowest BCUT2D eigenvalue weighted by atomic mass is 10.2. The molecule has 0 radical (unpaired) electrons. The van der Waals surface area contributed by atoms with Gasteiger partial charge in [-0.25, -0.2) is 9.69 Å². The smallest absolute Gasteiger partial charge is 0.411 e. The number of non-ortho nitro benzene ring substituents is 1. The third-order valence-electron chi connectivity index (χ3n) is 5.36. The SMILES string of the molecule is O=C(Nc1ccc(N2C(=O)C=CC2=O)cc1)OC[C@@H]1CCCN1c1ccc([N+](=O)[O-])cc1. The molecule has 0 aliphatic carbocycles. The van der Waals surface area contributed by atoms with Gasteiger partial charge in [0.05, 0.1) is 16.7 Å². The van der Waals surface area contributed by atoms with Crippen molar-refractivity contribution < 1.29 is 24.0 Å². The molecule has 164 valence electrons. The second kappa shape index (κ2) is 8.88. The molecule has 2 heterocycles. The molecule has 0 spiro atoms. The average molecular weight is 436 g/mol. The summed E-state index contributed by atoms with van der Waals surface area (Å²) in [6, 6.07) is 12.6. The van der Waals surface area contributed by atoms with Crippen LogP contribution in [0.2, 0.25) is 0 Å². The maximum Gasteiger partial charge on any atom is 0.411 e. The average Bonchev–Trinajstić information content (AvgIpc) is 3.39. The van der Waals surface area contributed by atoms with Crippen LogP contribution in [0.3, 0.4) is 0 Å². The Kier molecular flexibility index (Phi) is 5.84. The largest absolute Gasteiger partial charge is 0.447 e. The van der Waals surface area contributed by atoms with E-state index in [1.807, 2.05) is 0 Å². The van der Waals surface area contributed by atoms with Crippen LogP contribution in [0.25, 0.3) is 0 Å². The molecular weight excluding hydrogens is 416 g/mol. The summed E-state index contributed by atoms with van der Waals surface area (Å²) in [5.41, 5.74) is 1.75. The number of nitrogens with zero attached hydrogens (tertiary/aromatic N) is 3. The van der Waals surface area contributed by atoms with Gasteiger partial charge in [0.15, 0.2) is 0 Å². The number of imide groups is 1. The maximum absolute atomic E-state index is 12.2. The molecule has 1 atom stereocenters. The molecule has 10 nitrogen and oxygen atoms in total. The van der Waals surface area contributed by atoms with Crippen molar-refractivity contribution in [3.63, 3.8) is 0 Å². The summed E-state index contributed by atoms with van der Waals surface area (Å²) in [5.74, 6) is -0.825. The molecule has 2 aromatic rings. The second-order valence-electron chi connectivity index (χ2n) is 7.38. The van der Waals surface area contributed by atoms with E-state index < -0.39 is 22.8 Å². The molecule has 2 aliphatic heterocycles. The summed E-state index contributed by atoms with van der Waals surface area (Å²) >= 11 is 0. The number of anilines is 3. The third-order valence-corrected chi connectivity index (χ3v) is 5.36. The van der Waals surface area contributed by atoms with Gasteiger partial charge in [-0.15, -0.1) is 0 Å². The third kappa shape index (κ3) is 4.43. The second-order valence-corrected chi connectivity index (χ2v) is 7.38. The lowest BCUT2D eigenvalue weighted by Crippen LogP contribution is -2.34. The lowest BCUT2D eigenvalue weighted by Gasteiger charge is -2.26. The molecule has 0 unspecified atom stereocenters. The van der Waals surface area contributed by atoms with E-state index in [1.54, 1.807) is 36.4 Å². The minimum absolute atomic E-state index is 0.0238. The predicted molar refractivity (Wildman–Crippen MR) is 117 cm³/mol. The van der Waals surface area contributed by atoms with Gasteiger partial charge in [0.1, 0.15) is 6.61 Å². The van der Waals surface area contributed by atoms with E-state index in [0.29, 0.717) is 11.4 Å². The van der Waals surface area contributed by atoms with Crippen molar-refractivity contribution in [3.05, 3.63) is 70.8 Å². The maximum atomic E-state index is 12.2. The molecule has 2 aromatic carbocycles. The molecule has 0 aromatic heterocycles. The van der Waals surface area contributed by atoms with Gasteiger partial charge in [0, 0.05) is 42.2 Å². The van der Waals surface area contributed by atoms with Crippen LogP contribution in [0.15, 0.2) is 60.7 Å². The summed E-state index contributed by atoms with van der Waals surface area (Å²) in [7, 11) is 0. The fraction of sp³-hybridized carbons (Fsp3) is 0.227. The Hall–Kier alpha value is -4.21. The van der Waals surface area contributed by atoms with Crippen LogP contribution in [0.4, 0.5) is 27.5 Å². The number of nitrogens with one attached hydrogen (secondary N) is 1. The van der Waals surface area contributed by atoms with Crippen molar-refractivity contribution in [2.75, 3.05) is 28.3 Å². The molecule has 2 aliphatic rings. The predicted octanol–water partition coefficient (Wildman–Crippen LogP) is 3.24. The first kappa shape index (κ1) is 21.0. The van der Waals surface area contributed by atoms with E-state index in [2.05, 4.69) is 10.2 Å². The van der Waals surface area contributed by atoms with E-state index >= 15 is 0 Å². The number of hydrogen-bond donors (Lipinski definition) is 1. The van der Waals surface area contributed by atoms with Crippen molar-refractivity contribution >= 4 is 40.7 Å². The van der Waals surface area contributed by atoms with Gasteiger partial charge in [-0.05, 0) is 49.2 Å². The first-order valence-corrected chi connectivity index (χ1v) is 10.0. The topological polar surface area (TPSA) is 122 Å². The van der Waals surface area contributed by atoms with Crippen LogP contribution < -0.4 is 15.1 Å². The highest BCUT2D eigenvalue weighted by Crippen LogP contribution is 2.27. The molecule has 1 fully saturated rings. The number of carbonyl (C=O) groups is 3.